The van der Waals surface area contributed by atoms with E-state index in [-0.39, 0.29) is 5.78 Å². The van der Waals surface area contributed by atoms with Crippen molar-refractivity contribution in [2.24, 2.45) is 0 Å². The average Bonchev–Trinajstić information content (AvgIpc) is 2.41. The van der Waals surface area contributed by atoms with E-state index in [0.717, 1.165) is 4.47 Å². The van der Waals surface area contributed by atoms with Crippen LogP contribution in [0, 0.1) is 0 Å². The molecule has 0 amide bonds. The summed E-state index contributed by atoms with van der Waals surface area (Å²) >= 11 is 9.05. The van der Waals surface area contributed by atoms with Gasteiger partial charge in [-0.3, -0.25) is 4.79 Å². The van der Waals surface area contributed by atoms with E-state index in [0.29, 0.717) is 16.3 Å². The molecule has 2 aromatic carbocycles. The van der Waals surface area contributed by atoms with Crippen LogP contribution in [0.5, 0.6) is 0 Å². The van der Waals surface area contributed by atoms with Gasteiger partial charge < -0.3 is 10.4 Å². The summed E-state index contributed by atoms with van der Waals surface area (Å²) in [6, 6.07) is 13.6. The van der Waals surface area contributed by atoms with Crippen molar-refractivity contribution in [1.29, 1.82) is 0 Å². The third kappa shape index (κ3) is 3.80. The van der Waals surface area contributed by atoms with Crippen molar-refractivity contribution in [3.05, 3.63) is 63.6 Å². The highest BCUT2D eigenvalue weighted by Gasteiger charge is 2.16. The number of nitrogens with one attached hydrogen (secondary N) is 1. The zero-order valence-electron chi connectivity index (χ0n) is 9.81. The highest BCUT2D eigenvalue weighted by molar-refractivity contribution is 9.10. The first-order valence-electron chi connectivity index (χ1n) is 5.56. The monoisotopic (exact) mass is 339 g/mol. The Bertz CT molecular complexity index is 569. The number of carbonyl (C=O) groups is 1. The SMILES string of the molecule is O=C(c1ccc(Br)cc1)C(O)Nc1ccc(Cl)cc1. The van der Waals surface area contributed by atoms with Gasteiger partial charge in [-0.1, -0.05) is 39.7 Å². The van der Waals surface area contributed by atoms with Gasteiger partial charge in [-0.2, -0.15) is 0 Å². The van der Waals surface area contributed by atoms with E-state index in [1.807, 2.05) is 0 Å². The molecule has 1 unspecified atom stereocenters. The molecule has 0 radical (unpaired) electrons. The first-order valence-corrected chi connectivity index (χ1v) is 6.73. The quantitative estimate of drug-likeness (QED) is 0.659. The van der Waals surface area contributed by atoms with Gasteiger partial charge in [0.15, 0.2) is 6.23 Å². The molecule has 98 valence electrons. The molecule has 0 saturated carbocycles. The van der Waals surface area contributed by atoms with Gasteiger partial charge in [0.05, 0.1) is 0 Å². The Balaban J connectivity index is 2.07. The minimum absolute atomic E-state index is 0.387. The Morgan fingerprint density at radius 2 is 1.68 bits per heavy atom. The molecular weight excluding hydrogens is 330 g/mol. The van der Waals surface area contributed by atoms with E-state index in [9.17, 15) is 9.90 Å². The molecule has 0 saturated heterocycles. The lowest BCUT2D eigenvalue weighted by molar-refractivity contribution is 0.0793. The molecule has 0 aliphatic heterocycles. The van der Waals surface area contributed by atoms with Gasteiger partial charge in [0, 0.05) is 20.7 Å². The molecule has 3 nitrogen and oxygen atoms in total. The molecular formula is C14H11BrClNO2. The number of anilines is 1. The largest absolute Gasteiger partial charge is 0.367 e. The summed E-state index contributed by atoms with van der Waals surface area (Å²) in [7, 11) is 0. The average molecular weight is 341 g/mol. The van der Waals surface area contributed by atoms with Gasteiger partial charge in [-0.25, -0.2) is 0 Å². The predicted octanol–water partition coefficient (Wildman–Crippen LogP) is 3.72. The van der Waals surface area contributed by atoms with Crippen LogP contribution in [0.1, 0.15) is 10.4 Å². The lowest BCUT2D eigenvalue weighted by Crippen LogP contribution is -2.29. The van der Waals surface area contributed by atoms with Crippen LogP contribution in [0.4, 0.5) is 5.69 Å². The number of carbonyl (C=O) groups excluding carboxylic acids is 1. The van der Waals surface area contributed by atoms with Crippen LogP contribution in [0.2, 0.25) is 5.02 Å². The Labute approximate surface area is 124 Å². The lowest BCUT2D eigenvalue weighted by atomic mass is 10.1. The molecule has 0 aliphatic carbocycles. The standard InChI is InChI=1S/C14H11BrClNO2/c15-10-3-1-9(2-4-10)13(18)14(19)17-12-7-5-11(16)6-8-12/h1-8,14,17,19H. The van der Waals surface area contributed by atoms with Crippen molar-refractivity contribution in [2.45, 2.75) is 6.23 Å². The van der Waals surface area contributed by atoms with Gasteiger partial charge >= 0.3 is 0 Å². The Kier molecular flexibility index (Phi) is 4.58. The van der Waals surface area contributed by atoms with Crippen molar-refractivity contribution in [3.63, 3.8) is 0 Å². The maximum Gasteiger partial charge on any atom is 0.211 e. The van der Waals surface area contributed by atoms with Crippen LogP contribution >= 0.6 is 27.5 Å². The van der Waals surface area contributed by atoms with E-state index in [2.05, 4.69) is 21.2 Å². The summed E-state index contributed by atoms with van der Waals surface area (Å²) in [5.74, 6) is -0.387. The fraction of sp³-hybridized carbons (Fsp3) is 0.0714. The van der Waals surface area contributed by atoms with Gasteiger partial charge in [-0.15, -0.1) is 0 Å². The lowest BCUT2D eigenvalue weighted by Gasteiger charge is -2.13. The van der Waals surface area contributed by atoms with Crippen molar-refractivity contribution in [3.8, 4) is 0 Å². The van der Waals surface area contributed by atoms with E-state index < -0.39 is 6.23 Å². The second kappa shape index (κ2) is 6.19. The number of aliphatic hydroxyl groups is 1. The smallest absolute Gasteiger partial charge is 0.211 e. The van der Waals surface area contributed by atoms with Crippen LogP contribution in [-0.4, -0.2) is 17.1 Å². The normalized spacial score (nSPS) is 11.9. The fourth-order valence-electron chi connectivity index (χ4n) is 1.54. The number of aliphatic hydroxyl groups excluding tert-OH is 1. The molecule has 0 spiro atoms. The van der Waals surface area contributed by atoms with Gasteiger partial charge in [-0.05, 0) is 36.4 Å². The number of hydrogen-bond donors (Lipinski definition) is 2. The Morgan fingerprint density at radius 1 is 1.11 bits per heavy atom. The van der Waals surface area contributed by atoms with Crippen LogP contribution in [0.25, 0.3) is 0 Å². The molecule has 0 aromatic heterocycles. The molecule has 2 rings (SSSR count). The molecule has 0 aliphatic rings. The van der Waals surface area contributed by atoms with Crippen molar-refractivity contribution in [1.82, 2.24) is 0 Å². The molecule has 2 aromatic rings. The van der Waals surface area contributed by atoms with Crippen LogP contribution in [0.15, 0.2) is 53.0 Å². The van der Waals surface area contributed by atoms with E-state index in [1.165, 1.54) is 0 Å². The molecule has 0 fully saturated rings. The van der Waals surface area contributed by atoms with E-state index >= 15 is 0 Å². The first kappa shape index (κ1) is 14.1. The molecule has 0 bridgehead atoms. The van der Waals surface area contributed by atoms with Crippen molar-refractivity contribution >= 4 is 39.0 Å². The summed E-state index contributed by atoms with van der Waals surface area (Å²) in [5.41, 5.74) is 1.07. The topological polar surface area (TPSA) is 49.3 Å². The maximum absolute atomic E-state index is 12.0. The minimum Gasteiger partial charge on any atom is -0.367 e. The molecule has 2 N–H and O–H groups in total. The highest BCUT2D eigenvalue weighted by Crippen LogP contribution is 2.16. The number of Topliss-reactive ketones (excluding diaryl/α,β-unsaturated/α-hetero) is 1. The molecule has 5 heteroatoms. The van der Waals surface area contributed by atoms with Crippen LogP contribution < -0.4 is 5.32 Å². The third-order valence-corrected chi connectivity index (χ3v) is 3.31. The van der Waals surface area contributed by atoms with Crippen molar-refractivity contribution in [2.75, 3.05) is 5.32 Å². The predicted molar refractivity (Wildman–Crippen MR) is 79.6 cm³/mol. The Morgan fingerprint density at radius 3 is 2.26 bits per heavy atom. The summed E-state index contributed by atoms with van der Waals surface area (Å²) < 4.78 is 0.879. The maximum atomic E-state index is 12.0. The van der Waals surface area contributed by atoms with Gasteiger partial charge in [0.1, 0.15) is 0 Å². The van der Waals surface area contributed by atoms with Gasteiger partial charge in [0.25, 0.3) is 0 Å². The number of halogens is 2. The zero-order valence-corrected chi connectivity index (χ0v) is 12.1. The fourth-order valence-corrected chi connectivity index (χ4v) is 1.93. The number of hydrogen-bond acceptors (Lipinski definition) is 3. The molecule has 19 heavy (non-hydrogen) atoms. The van der Waals surface area contributed by atoms with Crippen LogP contribution in [0.3, 0.4) is 0 Å². The zero-order chi connectivity index (χ0) is 13.8. The Hall–Kier alpha value is -1.36. The van der Waals surface area contributed by atoms with Crippen LogP contribution in [-0.2, 0) is 0 Å². The minimum atomic E-state index is -1.29. The van der Waals surface area contributed by atoms with Gasteiger partial charge in [0.2, 0.25) is 5.78 Å². The van der Waals surface area contributed by atoms with Crippen molar-refractivity contribution < 1.29 is 9.90 Å². The molecule has 0 heterocycles. The second-order valence-corrected chi connectivity index (χ2v) is 5.28. The first-order chi connectivity index (χ1) is 9.06. The highest BCUT2D eigenvalue weighted by atomic mass is 79.9. The number of benzene rings is 2. The summed E-state index contributed by atoms with van der Waals surface area (Å²) in [6.45, 7) is 0. The summed E-state index contributed by atoms with van der Waals surface area (Å²) in [4.78, 5) is 12.0. The van der Waals surface area contributed by atoms with E-state index in [4.69, 9.17) is 11.6 Å². The third-order valence-electron chi connectivity index (χ3n) is 2.52. The number of rotatable bonds is 4. The van der Waals surface area contributed by atoms with E-state index in [1.54, 1.807) is 48.5 Å². The molecule has 1 atom stereocenters. The number of ketones is 1. The summed E-state index contributed by atoms with van der Waals surface area (Å²) in [6.07, 6.45) is -1.29. The second-order valence-electron chi connectivity index (χ2n) is 3.92. The summed E-state index contributed by atoms with van der Waals surface area (Å²) in [5, 5.41) is 13.2.